The van der Waals surface area contributed by atoms with Gasteiger partial charge in [-0.2, -0.15) is 0 Å². The van der Waals surface area contributed by atoms with Crippen molar-refractivity contribution in [1.82, 2.24) is 5.32 Å². The van der Waals surface area contributed by atoms with Crippen molar-refractivity contribution in [3.63, 3.8) is 0 Å². The van der Waals surface area contributed by atoms with E-state index in [2.05, 4.69) is 5.32 Å². The lowest BCUT2D eigenvalue weighted by Crippen LogP contribution is -2.25. The van der Waals surface area contributed by atoms with Crippen molar-refractivity contribution in [1.29, 1.82) is 0 Å². The molecule has 0 saturated carbocycles. The van der Waals surface area contributed by atoms with Gasteiger partial charge in [-0.05, 0) is 31.0 Å². The molecule has 0 radical (unpaired) electrons. The van der Waals surface area contributed by atoms with Crippen LogP contribution in [0.25, 0.3) is 0 Å². The average Bonchev–Trinajstić information content (AvgIpc) is 2.30. The molecule has 17 heavy (non-hydrogen) atoms. The number of hydrogen-bond acceptors (Lipinski definition) is 1. The van der Waals surface area contributed by atoms with Gasteiger partial charge in [0.15, 0.2) is 0 Å². The maximum atomic E-state index is 11.6. The van der Waals surface area contributed by atoms with Crippen molar-refractivity contribution in [3.8, 4) is 0 Å². The van der Waals surface area contributed by atoms with Gasteiger partial charge in [-0.25, -0.2) is 0 Å². The maximum absolute atomic E-state index is 11.6. The Morgan fingerprint density at radius 2 is 2.12 bits per heavy atom. The highest BCUT2D eigenvalue weighted by Crippen LogP contribution is 2.22. The summed E-state index contributed by atoms with van der Waals surface area (Å²) in [4.78, 5) is 11.6. The largest absolute Gasteiger partial charge is 0.356 e. The van der Waals surface area contributed by atoms with E-state index in [-0.39, 0.29) is 5.91 Å². The molecule has 0 aliphatic rings. The number of rotatable bonds is 5. The normalized spacial score (nSPS) is 10.8. The van der Waals surface area contributed by atoms with Crippen molar-refractivity contribution in [2.24, 2.45) is 0 Å². The predicted octanol–water partition coefficient (Wildman–Crippen LogP) is 3.62. The zero-order valence-electron chi connectivity index (χ0n) is 9.67. The van der Waals surface area contributed by atoms with Crippen LogP contribution in [0, 0.1) is 0 Å². The van der Waals surface area contributed by atoms with Crippen molar-refractivity contribution < 1.29 is 4.79 Å². The van der Waals surface area contributed by atoms with Crippen LogP contribution in [0.3, 0.4) is 0 Å². The van der Waals surface area contributed by atoms with E-state index in [9.17, 15) is 4.79 Å². The molecule has 1 aromatic rings. The minimum atomic E-state index is -0.00658. The first-order valence-corrected chi connectivity index (χ1v) is 6.21. The van der Waals surface area contributed by atoms with Crippen LogP contribution in [0.15, 0.2) is 30.4 Å². The summed E-state index contributed by atoms with van der Waals surface area (Å²) in [6.45, 7) is 2.61. The quantitative estimate of drug-likeness (QED) is 0.643. The lowest BCUT2D eigenvalue weighted by Gasteiger charge is -2.04. The SMILES string of the molecule is C/C=C/CCNC(=O)Cc1ccc(Cl)c(Cl)c1. The molecule has 4 heteroatoms. The average molecular weight is 272 g/mol. The van der Waals surface area contributed by atoms with Crippen LogP contribution < -0.4 is 5.32 Å². The molecule has 0 bridgehead atoms. The molecule has 92 valence electrons. The van der Waals surface area contributed by atoms with E-state index in [1.165, 1.54) is 0 Å². The number of carbonyl (C=O) groups excluding carboxylic acids is 1. The summed E-state index contributed by atoms with van der Waals surface area (Å²) in [5.74, 6) is -0.00658. The Morgan fingerprint density at radius 1 is 1.35 bits per heavy atom. The predicted molar refractivity (Wildman–Crippen MR) is 72.6 cm³/mol. The van der Waals surface area contributed by atoms with Crippen molar-refractivity contribution in [2.45, 2.75) is 19.8 Å². The van der Waals surface area contributed by atoms with Gasteiger partial charge in [0, 0.05) is 6.54 Å². The van der Waals surface area contributed by atoms with Crippen LogP contribution in [-0.4, -0.2) is 12.5 Å². The van der Waals surface area contributed by atoms with Crippen LogP contribution in [0.1, 0.15) is 18.9 Å². The maximum Gasteiger partial charge on any atom is 0.224 e. The lowest BCUT2D eigenvalue weighted by atomic mass is 10.1. The summed E-state index contributed by atoms with van der Waals surface area (Å²) in [6, 6.07) is 5.22. The summed E-state index contributed by atoms with van der Waals surface area (Å²) in [6.07, 6.45) is 5.15. The Bertz CT molecular complexity index is 416. The van der Waals surface area contributed by atoms with Gasteiger partial charge in [0.05, 0.1) is 16.5 Å². The molecule has 0 atom stereocenters. The van der Waals surface area contributed by atoms with Crippen molar-refractivity contribution >= 4 is 29.1 Å². The van der Waals surface area contributed by atoms with E-state index in [0.717, 1.165) is 12.0 Å². The van der Waals surface area contributed by atoms with E-state index in [0.29, 0.717) is 23.0 Å². The van der Waals surface area contributed by atoms with Gasteiger partial charge in [0.25, 0.3) is 0 Å². The van der Waals surface area contributed by atoms with Gasteiger partial charge in [-0.15, -0.1) is 0 Å². The van der Waals surface area contributed by atoms with E-state index in [4.69, 9.17) is 23.2 Å². The number of nitrogens with one attached hydrogen (secondary N) is 1. The summed E-state index contributed by atoms with van der Waals surface area (Å²) >= 11 is 11.7. The molecule has 1 N–H and O–H groups in total. The molecular weight excluding hydrogens is 257 g/mol. The zero-order chi connectivity index (χ0) is 12.7. The van der Waals surface area contributed by atoms with E-state index < -0.39 is 0 Å². The number of hydrogen-bond donors (Lipinski definition) is 1. The highest BCUT2D eigenvalue weighted by Gasteiger charge is 2.04. The second-order valence-electron chi connectivity index (χ2n) is 3.63. The third-order valence-corrected chi connectivity index (χ3v) is 2.96. The van der Waals surface area contributed by atoms with Crippen LogP contribution in [0.2, 0.25) is 10.0 Å². The van der Waals surface area contributed by atoms with Gasteiger partial charge >= 0.3 is 0 Å². The molecule has 0 spiro atoms. The third kappa shape index (κ3) is 5.24. The third-order valence-electron chi connectivity index (χ3n) is 2.22. The summed E-state index contributed by atoms with van der Waals surface area (Å²) in [5, 5.41) is 3.82. The Labute approximate surface area is 112 Å². The van der Waals surface area contributed by atoms with Crippen molar-refractivity contribution in [2.75, 3.05) is 6.54 Å². The van der Waals surface area contributed by atoms with E-state index >= 15 is 0 Å². The first-order chi connectivity index (χ1) is 8.13. The summed E-state index contributed by atoms with van der Waals surface area (Å²) in [7, 11) is 0. The topological polar surface area (TPSA) is 29.1 Å². The molecule has 0 unspecified atom stereocenters. The molecular formula is C13H15Cl2NO. The fraction of sp³-hybridized carbons (Fsp3) is 0.308. The van der Waals surface area contributed by atoms with Crippen molar-refractivity contribution in [3.05, 3.63) is 46.0 Å². The Morgan fingerprint density at radius 3 is 2.76 bits per heavy atom. The fourth-order valence-corrected chi connectivity index (χ4v) is 1.68. The van der Waals surface area contributed by atoms with Gasteiger partial charge in [0.2, 0.25) is 5.91 Å². The Kier molecular flexibility index (Phi) is 6.09. The second-order valence-corrected chi connectivity index (χ2v) is 4.45. The van der Waals surface area contributed by atoms with Crippen LogP contribution in [0.5, 0.6) is 0 Å². The minimum absolute atomic E-state index is 0.00658. The lowest BCUT2D eigenvalue weighted by molar-refractivity contribution is -0.120. The zero-order valence-corrected chi connectivity index (χ0v) is 11.2. The highest BCUT2D eigenvalue weighted by molar-refractivity contribution is 6.42. The van der Waals surface area contributed by atoms with Gasteiger partial charge in [-0.1, -0.05) is 41.4 Å². The van der Waals surface area contributed by atoms with Gasteiger partial charge < -0.3 is 5.32 Å². The fourth-order valence-electron chi connectivity index (χ4n) is 1.36. The molecule has 1 amide bonds. The Hall–Kier alpha value is -0.990. The first-order valence-electron chi connectivity index (χ1n) is 5.45. The van der Waals surface area contributed by atoms with Crippen LogP contribution >= 0.6 is 23.2 Å². The number of allylic oxidation sites excluding steroid dienone is 1. The molecule has 1 rings (SSSR count). The number of carbonyl (C=O) groups is 1. The molecule has 0 fully saturated rings. The van der Waals surface area contributed by atoms with Crippen LogP contribution in [0.4, 0.5) is 0 Å². The molecule has 0 saturated heterocycles. The number of amides is 1. The monoisotopic (exact) mass is 271 g/mol. The molecule has 0 aliphatic heterocycles. The number of halogens is 2. The Balaban J connectivity index is 2.42. The molecule has 2 nitrogen and oxygen atoms in total. The highest BCUT2D eigenvalue weighted by atomic mass is 35.5. The molecule has 0 heterocycles. The molecule has 0 aromatic heterocycles. The summed E-state index contributed by atoms with van der Waals surface area (Å²) in [5.41, 5.74) is 0.864. The van der Waals surface area contributed by atoms with E-state index in [1.54, 1.807) is 18.2 Å². The summed E-state index contributed by atoms with van der Waals surface area (Å²) < 4.78 is 0. The van der Waals surface area contributed by atoms with E-state index in [1.807, 2.05) is 19.1 Å². The number of benzene rings is 1. The minimum Gasteiger partial charge on any atom is -0.356 e. The smallest absolute Gasteiger partial charge is 0.224 e. The van der Waals surface area contributed by atoms with Gasteiger partial charge in [0.1, 0.15) is 0 Å². The standard InChI is InChI=1S/C13H15Cl2NO/c1-2-3-4-7-16-13(17)9-10-5-6-11(14)12(15)8-10/h2-3,5-6,8H,4,7,9H2,1H3,(H,16,17)/b3-2+. The first kappa shape index (κ1) is 14.1. The molecule has 1 aromatic carbocycles. The van der Waals surface area contributed by atoms with Gasteiger partial charge in [-0.3, -0.25) is 4.79 Å². The second kappa shape index (κ2) is 7.36. The molecule has 0 aliphatic carbocycles. The van der Waals surface area contributed by atoms with Crippen LogP contribution in [-0.2, 0) is 11.2 Å².